The van der Waals surface area contributed by atoms with Gasteiger partial charge in [-0.25, -0.2) is 4.79 Å². The van der Waals surface area contributed by atoms with Crippen LogP contribution in [0.1, 0.15) is 38.7 Å². The lowest BCUT2D eigenvalue weighted by molar-refractivity contribution is -0.135. The molecule has 0 saturated carbocycles. The molecule has 0 bridgehead atoms. The largest absolute Gasteiger partial charge is 0.445 e. The zero-order valence-electron chi connectivity index (χ0n) is 14.3. The van der Waals surface area contributed by atoms with Crippen molar-refractivity contribution in [2.45, 2.75) is 57.9 Å². The number of hydrogen-bond acceptors (Lipinski definition) is 4. The summed E-state index contributed by atoms with van der Waals surface area (Å²) in [4.78, 5) is 26.1. The highest BCUT2D eigenvalue weighted by Gasteiger charge is 2.35. The van der Waals surface area contributed by atoms with Crippen molar-refractivity contribution in [3.05, 3.63) is 35.9 Å². The van der Waals surface area contributed by atoms with Crippen LogP contribution in [0.5, 0.6) is 0 Å². The summed E-state index contributed by atoms with van der Waals surface area (Å²) in [6, 6.07) is 8.52. The normalized spacial score (nSPS) is 19.6. The summed E-state index contributed by atoms with van der Waals surface area (Å²) in [5.74, 6) is -0.179. The molecule has 1 fully saturated rings. The molecule has 6 heteroatoms. The standard InChI is InChI=1S/C18H26N2O4/c1-3-16(21)15-10-7-11-20(15)17(22)13(2)19-18(23)24-12-14-8-5-4-6-9-14/h4-6,8-9,13,15-16,21H,3,7,10-12H2,1-2H3,(H,19,23)/t13-,15-,16?/m0/s1. The average Bonchev–Trinajstić information content (AvgIpc) is 3.09. The second kappa shape index (κ2) is 8.68. The predicted octanol–water partition coefficient (Wildman–Crippen LogP) is 2.06. The zero-order valence-corrected chi connectivity index (χ0v) is 14.3. The third kappa shape index (κ3) is 4.71. The molecule has 1 aliphatic heterocycles. The summed E-state index contributed by atoms with van der Waals surface area (Å²) in [6.45, 7) is 4.31. The second-order valence-electron chi connectivity index (χ2n) is 6.14. The number of ether oxygens (including phenoxy) is 1. The summed E-state index contributed by atoms with van der Waals surface area (Å²) in [7, 11) is 0. The Labute approximate surface area is 142 Å². The fourth-order valence-electron chi connectivity index (χ4n) is 2.99. The molecule has 0 radical (unpaired) electrons. The molecule has 1 saturated heterocycles. The lowest BCUT2D eigenvalue weighted by Crippen LogP contribution is -2.51. The van der Waals surface area contributed by atoms with Crippen molar-refractivity contribution in [2.75, 3.05) is 6.54 Å². The smallest absolute Gasteiger partial charge is 0.408 e. The van der Waals surface area contributed by atoms with Crippen LogP contribution in [0.15, 0.2) is 30.3 Å². The Morgan fingerprint density at radius 1 is 1.38 bits per heavy atom. The molecule has 0 spiro atoms. The minimum absolute atomic E-state index is 0.160. The Morgan fingerprint density at radius 2 is 2.08 bits per heavy atom. The van der Waals surface area contributed by atoms with E-state index in [0.717, 1.165) is 18.4 Å². The van der Waals surface area contributed by atoms with Gasteiger partial charge in [0.1, 0.15) is 12.6 Å². The van der Waals surface area contributed by atoms with Gasteiger partial charge in [0, 0.05) is 6.54 Å². The number of rotatable bonds is 6. The number of hydrogen-bond donors (Lipinski definition) is 2. The minimum Gasteiger partial charge on any atom is -0.445 e. The number of aliphatic hydroxyl groups is 1. The quantitative estimate of drug-likeness (QED) is 0.835. The number of aliphatic hydroxyl groups excluding tert-OH is 1. The van der Waals surface area contributed by atoms with Gasteiger partial charge >= 0.3 is 6.09 Å². The van der Waals surface area contributed by atoms with Crippen molar-refractivity contribution in [1.82, 2.24) is 10.2 Å². The van der Waals surface area contributed by atoms with Gasteiger partial charge in [-0.05, 0) is 31.7 Å². The average molecular weight is 334 g/mol. The number of nitrogens with one attached hydrogen (secondary N) is 1. The summed E-state index contributed by atoms with van der Waals surface area (Å²) < 4.78 is 5.14. The Balaban J connectivity index is 1.83. The summed E-state index contributed by atoms with van der Waals surface area (Å²) in [6.07, 6.45) is 1.14. The van der Waals surface area contributed by atoms with Gasteiger partial charge in [-0.3, -0.25) is 4.79 Å². The molecule has 0 aliphatic carbocycles. The Hall–Kier alpha value is -2.08. The van der Waals surface area contributed by atoms with Crippen molar-refractivity contribution in [3.8, 4) is 0 Å². The zero-order chi connectivity index (χ0) is 17.5. The van der Waals surface area contributed by atoms with Crippen molar-refractivity contribution in [1.29, 1.82) is 0 Å². The molecule has 1 aliphatic rings. The first-order chi connectivity index (χ1) is 11.5. The fraction of sp³-hybridized carbons (Fsp3) is 0.556. The third-order valence-electron chi connectivity index (χ3n) is 4.36. The van der Waals surface area contributed by atoms with Crippen LogP contribution < -0.4 is 5.32 Å². The van der Waals surface area contributed by atoms with Crippen molar-refractivity contribution in [3.63, 3.8) is 0 Å². The molecule has 1 unspecified atom stereocenters. The van der Waals surface area contributed by atoms with Crippen LogP contribution in [0.2, 0.25) is 0 Å². The van der Waals surface area contributed by atoms with Crippen LogP contribution in [-0.2, 0) is 16.1 Å². The van der Waals surface area contributed by atoms with E-state index < -0.39 is 18.2 Å². The highest BCUT2D eigenvalue weighted by Crippen LogP contribution is 2.22. The van der Waals surface area contributed by atoms with E-state index in [1.165, 1.54) is 0 Å². The molecule has 1 heterocycles. The van der Waals surface area contributed by atoms with Gasteiger partial charge in [0.25, 0.3) is 0 Å². The number of amides is 2. The molecule has 2 N–H and O–H groups in total. The molecule has 24 heavy (non-hydrogen) atoms. The summed E-state index contributed by atoms with van der Waals surface area (Å²) in [5, 5.41) is 12.6. The van der Waals surface area contributed by atoms with Crippen molar-refractivity contribution >= 4 is 12.0 Å². The Bertz CT molecular complexity index is 549. The van der Waals surface area contributed by atoms with E-state index in [2.05, 4.69) is 5.32 Å². The molecular formula is C18H26N2O4. The number of alkyl carbamates (subject to hydrolysis) is 1. The molecule has 1 aromatic carbocycles. The number of benzene rings is 1. The molecule has 6 nitrogen and oxygen atoms in total. The number of nitrogens with zero attached hydrogens (tertiary/aromatic N) is 1. The van der Waals surface area contributed by atoms with Gasteiger partial charge in [0.2, 0.25) is 5.91 Å². The van der Waals surface area contributed by atoms with Crippen LogP contribution in [0, 0.1) is 0 Å². The van der Waals surface area contributed by atoms with E-state index in [0.29, 0.717) is 13.0 Å². The molecule has 3 atom stereocenters. The number of carbonyl (C=O) groups excluding carboxylic acids is 2. The number of carbonyl (C=O) groups is 2. The van der Waals surface area contributed by atoms with Gasteiger partial charge in [-0.1, -0.05) is 37.3 Å². The maximum atomic E-state index is 12.5. The van der Waals surface area contributed by atoms with Crippen LogP contribution >= 0.6 is 0 Å². The summed E-state index contributed by atoms with van der Waals surface area (Å²) >= 11 is 0. The molecule has 132 valence electrons. The topological polar surface area (TPSA) is 78.9 Å². The van der Waals surface area contributed by atoms with Crippen molar-refractivity contribution in [2.24, 2.45) is 0 Å². The molecule has 2 rings (SSSR count). The maximum Gasteiger partial charge on any atom is 0.408 e. The van der Waals surface area contributed by atoms with E-state index >= 15 is 0 Å². The van der Waals surface area contributed by atoms with E-state index in [1.54, 1.807) is 11.8 Å². The van der Waals surface area contributed by atoms with E-state index in [1.807, 2.05) is 37.3 Å². The SMILES string of the molecule is CCC(O)[C@@H]1CCCN1C(=O)[C@H](C)NC(=O)OCc1ccccc1. The van der Waals surface area contributed by atoms with Gasteiger partial charge in [0.15, 0.2) is 0 Å². The van der Waals surface area contributed by atoms with Gasteiger partial charge in [-0.2, -0.15) is 0 Å². The van der Waals surface area contributed by atoms with Gasteiger partial charge < -0.3 is 20.1 Å². The molecule has 2 amide bonds. The monoisotopic (exact) mass is 334 g/mol. The second-order valence-corrected chi connectivity index (χ2v) is 6.14. The van der Waals surface area contributed by atoms with Crippen LogP contribution in [0.25, 0.3) is 0 Å². The van der Waals surface area contributed by atoms with E-state index in [-0.39, 0.29) is 18.6 Å². The van der Waals surface area contributed by atoms with E-state index in [4.69, 9.17) is 4.74 Å². The van der Waals surface area contributed by atoms with Crippen LogP contribution in [0.3, 0.4) is 0 Å². The fourth-order valence-corrected chi connectivity index (χ4v) is 2.99. The molecule has 0 aromatic heterocycles. The lowest BCUT2D eigenvalue weighted by atomic mass is 10.1. The summed E-state index contributed by atoms with van der Waals surface area (Å²) in [5.41, 5.74) is 0.886. The Kier molecular flexibility index (Phi) is 6.61. The Morgan fingerprint density at radius 3 is 2.75 bits per heavy atom. The van der Waals surface area contributed by atoms with Gasteiger partial charge in [-0.15, -0.1) is 0 Å². The highest BCUT2D eigenvalue weighted by molar-refractivity contribution is 5.85. The molecule has 1 aromatic rings. The minimum atomic E-state index is -0.682. The van der Waals surface area contributed by atoms with E-state index in [9.17, 15) is 14.7 Å². The molecular weight excluding hydrogens is 308 g/mol. The lowest BCUT2D eigenvalue weighted by Gasteiger charge is -2.30. The van der Waals surface area contributed by atoms with Gasteiger partial charge in [0.05, 0.1) is 12.1 Å². The first-order valence-corrected chi connectivity index (χ1v) is 8.48. The highest BCUT2D eigenvalue weighted by atomic mass is 16.5. The van der Waals surface area contributed by atoms with Crippen molar-refractivity contribution < 1.29 is 19.4 Å². The first kappa shape index (κ1) is 18.3. The predicted molar refractivity (Wildman–Crippen MR) is 90.3 cm³/mol. The van der Waals surface area contributed by atoms with Crippen LogP contribution in [0.4, 0.5) is 4.79 Å². The first-order valence-electron chi connectivity index (χ1n) is 8.48. The maximum absolute atomic E-state index is 12.5. The van der Waals surface area contributed by atoms with Crippen LogP contribution in [-0.4, -0.2) is 46.7 Å². The third-order valence-corrected chi connectivity index (χ3v) is 4.36. The number of likely N-dealkylation sites (tertiary alicyclic amines) is 1.